The smallest absolute Gasteiger partial charge is 0.404 e. The number of aromatic nitrogens is 2. The van der Waals surface area contributed by atoms with Gasteiger partial charge < -0.3 is 25.3 Å². The number of nitrogens with one attached hydrogen (secondary N) is 3. The van der Waals surface area contributed by atoms with Crippen molar-refractivity contribution in [3.05, 3.63) is 108 Å². The van der Waals surface area contributed by atoms with Crippen molar-refractivity contribution in [1.29, 1.82) is 0 Å². The van der Waals surface area contributed by atoms with Crippen LogP contribution < -0.4 is 16.0 Å². The molecule has 1 saturated heterocycles. The predicted octanol–water partition coefficient (Wildman–Crippen LogP) is 4.08. The quantitative estimate of drug-likeness (QED) is 0.207. The van der Waals surface area contributed by atoms with Gasteiger partial charge in [-0.25, -0.2) is 4.98 Å². The summed E-state index contributed by atoms with van der Waals surface area (Å²) in [5.41, 5.74) is 1.64. The van der Waals surface area contributed by atoms with Crippen LogP contribution in [0.2, 0.25) is 0 Å². The summed E-state index contributed by atoms with van der Waals surface area (Å²) in [5.74, 6) is -0.366. The van der Waals surface area contributed by atoms with Crippen LogP contribution in [-0.4, -0.2) is 65.0 Å². The SMILES string of the molecule is CC1(C)C2C[C@H]1C[C@H]1OB(CNC(=O)[C@H](Cc3ccc4ccccc4c3)NC(=O)[C@H](Cc3ccccc3)NC(=O)c3cnccn3)O[C@@]21C. The molecule has 6 atom stereocenters. The minimum atomic E-state index is -0.983. The first kappa shape index (κ1) is 32.9. The number of carbonyl (C=O) groups is 3. The first-order valence-corrected chi connectivity index (χ1v) is 17.1. The van der Waals surface area contributed by atoms with Gasteiger partial charge in [0, 0.05) is 25.2 Å². The van der Waals surface area contributed by atoms with Crippen LogP contribution in [0.3, 0.4) is 0 Å². The molecule has 10 nitrogen and oxygen atoms in total. The molecule has 1 unspecified atom stereocenters. The van der Waals surface area contributed by atoms with Crippen molar-refractivity contribution in [2.24, 2.45) is 17.3 Å². The lowest BCUT2D eigenvalue weighted by Gasteiger charge is -2.64. The third kappa shape index (κ3) is 6.69. The Hall–Kier alpha value is -4.61. The van der Waals surface area contributed by atoms with E-state index in [4.69, 9.17) is 9.31 Å². The Labute approximate surface area is 286 Å². The molecule has 3 aromatic carbocycles. The number of benzene rings is 3. The van der Waals surface area contributed by atoms with Crippen molar-refractivity contribution in [3.63, 3.8) is 0 Å². The maximum Gasteiger partial charge on any atom is 0.478 e. The lowest BCUT2D eigenvalue weighted by atomic mass is 9.43. The fraction of sp³-hybridized carbons (Fsp3) is 0.395. The molecule has 3 saturated carbocycles. The van der Waals surface area contributed by atoms with Crippen LogP contribution in [0.15, 0.2) is 91.4 Å². The second-order valence-corrected chi connectivity index (χ2v) is 14.4. The number of nitrogens with zero attached hydrogens (tertiary/aromatic N) is 2. The zero-order valence-electron chi connectivity index (χ0n) is 28.1. The number of amides is 3. The molecule has 8 rings (SSSR count). The Morgan fingerprint density at radius 2 is 1.59 bits per heavy atom. The summed E-state index contributed by atoms with van der Waals surface area (Å²) >= 11 is 0. The second kappa shape index (κ2) is 13.4. The van der Waals surface area contributed by atoms with Gasteiger partial charge in [-0.05, 0) is 58.9 Å². The molecule has 252 valence electrons. The van der Waals surface area contributed by atoms with E-state index in [0.29, 0.717) is 11.8 Å². The molecule has 2 heterocycles. The monoisotopic (exact) mass is 659 g/mol. The molecule has 3 aliphatic carbocycles. The fourth-order valence-electron chi connectivity index (χ4n) is 8.14. The van der Waals surface area contributed by atoms with E-state index in [2.05, 4.69) is 46.7 Å². The Bertz CT molecular complexity index is 1840. The summed E-state index contributed by atoms with van der Waals surface area (Å²) in [6.45, 7) is 6.77. The predicted molar refractivity (Wildman–Crippen MR) is 186 cm³/mol. The normalized spacial score (nSPS) is 24.6. The van der Waals surface area contributed by atoms with E-state index in [-0.39, 0.29) is 42.4 Å². The second-order valence-electron chi connectivity index (χ2n) is 14.4. The highest BCUT2D eigenvalue weighted by atomic mass is 16.7. The standard InChI is InChI=1S/C38H42BN5O5/c1-37(2)28-20-32(37)38(3)33(21-28)48-39(49-38)23-42-34(45)29(19-25-13-14-26-11-7-8-12-27(26)17-25)43-35(46)30(18-24-9-5-4-6-10-24)44-36(47)31-22-40-15-16-41-31/h4-17,22,28-30,32-33H,18-21,23H2,1-3H3,(H,42,45)(H,43,46)(H,44,47)/t28-,29-,30-,32?,33+,38-/m0/s1. The molecule has 0 radical (unpaired) electrons. The highest BCUT2D eigenvalue weighted by Crippen LogP contribution is 2.65. The maximum atomic E-state index is 14.0. The summed E-state index contributed by atoms with van der Waals surface area (Å²) < 4.78 is 12.9. The number of hydrogen-bond acceptors (Lipinski definition) is 7. The average molecular weight is 660 g/mol. The van der Waals surface area contributed by atoms with Crippen molar-refractivity contribution in [3.8, 4) is 0 Å². The Morgan fingerprint density at radius 1 is 0.857 bits per heavy atom. The lowest BCUT2D eigenvalue weighted by molar-refractivity contribution is -0.199. The van der Waals surface area contributed by atoms with E-state index in [0.717, 1.165) is 34.7 Å². The van der Waals surface area contributed by atoms with Gasteiger partial charge in [0.25, 0.3) is 5.91 Å². The first-order chi connectivity index (χ1) is 23.6. The van der Waals surface area contributed by atoms with Gasteiger partial charge in [0.05, 0.1) is 24.3 Å². The van der Waals surface area contributed by atoms with E-state index in [1.165, 1.54) is 18.6 Å². The summed E-state index contributed by atoms with van der Waals surface area (Å²) in [4.78, 5) is 49.2. The zero-order chi connectivity index (χ0) is 34.2. The largest absolute Gasteiger partial charge is 0.478 e. The molecule has 0 spiro atoms. The van der Waals surface area contributed by atoms with E-state index in [9.17, 15) is 14.4 Å². The van der Waals surface area contributed by atoms with Gasteiger partial charge in [-0.2, -0.15) is 0 Å². The molecular weight excluding hydrogens is 617 g/mol. The van der Waals surface area contributed by atoms with Crippen molar-refractivity contribution in [2.45, 2.75) is 70.2 Å². The number of hydrogen-bond donors (Lipinski definition) is 3. The van der Waals surface area contributed by atoms with Crippen molar-refractivity contribution < 1.29 is 23.7 Å². The zero-order valence-corrected chi connectivity index (χ0v) is 28.1. The topological polar surface area (TPSA) is 132 Å². The van der Waals surface area contributed by atoms with Gasteiger partial charge >= 0.3 is 7.12 Å². The summed E-state index contributed by atoms with van der Waals surface area (Å²) in [6.07, 6.45) is 6.93. The summed E-state index contributed by atoms with van der Waals surface area (Å²) in [7, 11) is -0.580. The van der Waals surface area contributed by atoms with Crippen LogP contribution in [0.25, 0.3) is 10.8 Å². The number of fused-ring (bicyclic) bond motifs is 1. The Morgan fingerprint density at radius 3 is 2.35 bits per heavy atom. The van der Waals surface area contributed by atoms with Crippen LogP contribution in [0.4, 0.5) is 0 Å². The summed E-state index contributed by atoms with van der Waals surface area (Å²) in [5, 5.41) is 10.9. The van der Waals surface area contributed by atoms with Crippen molar-refractivity contribution in [2.75, 3.05) is 6.44 Å². The van der Waals surface area contributed by atoms with Gasteiger partial charge in [-0.1, -0.05) is 86.6 Å². The first-order valence-electron chi connectivity index (χ1n) is 17.1. The fourth-order valence-corrected chi connectivity index (χ4v) is 8.14. The molecule has 4 aromatic rings. The molecule has 1 aromatic heterocycles. The molecule has 49 heavy (non-hydrogen) atoms. The van der Waals surface area contributed by atoms with Crippen LogP contribution in [0.5, 0.6) is 0 Å². The van der Waals surface area contributed by atoms with E-state index >= 15 is 0 Å². The summed E-state index contributed by atoms with van der Waals surface area (Å²) in [6, 6.07) is 21.5. The van der Waals surface area contributed by atoms with Crippen LogP contribution >= 0.6 is 0 Å². The highest BCUT2D eigenvalue weighted by molar-refractivity contribution is 6.46. The third-order valence-electron chi connectivity index (χ3n) is 11.0. The van der Waals surface area contributed by atoms with E-state index < -0.39 is 36.6 Å². The lowest BCUT2D eigenvalue weighted by Crippen LogP contribution is -2.65. The van der Waals surface area contributed by atoms with E-state index in [1.807, 2.05) is 72.8 Å². The van der Waals surface area contributed by atoms with Crippen LogP contribution in [0, 0.1) is 17.3 Å². The van der Waals surface area contributed by atoms with Gasteiger partial charge in [0.1, 0.15) is 17.8 Å². The highest BCUT2D eigenvalue weighted by Gasteiger charge is 2.67. The maximum absolute atomic E-state index is 14.0. The molecule has 11 heteroatoms. The van der Waals surface area contributed by atoms with Gasteiger partial charge in [0.15, 0.2) is 0 Å². The number of rotatable bonds is 11. The van der Waals surface area contributed by atoms with Gasteiger partial charge in [0.2, 0.25) is 11.8 Å². The minimum absolute atomic E-state index is 0.00376. The van der Waals surface area contributed by atoms with Gasteiger partial charge in [-0.15, -0.1) is 0 Å². The molecule has 2 bridgehead atoms. The molecular formula is C38H42BN5O5. The Balaban J connectivity index is 1.09. The molecule has 3 N–H and O–H groups in total. The van der Waals surface area contributed by atoms with Crippen LogP contribution in [0.1, 0.15) is 55.2 Å². The molecule has 3 amide bonds. The average Bonchev–Trinajstić information content (AvgIpc) is 3.46. The van der Waals surface area contributed by atoms with Crippen molar-refractivity contribution >= 4 is 35.6 Å². The van der Waals surface area contributed by atoms with E-state index in [1.54, 1.807) is 0 Å². The van der Waals surface area contributed by atoms with Crippen LogP contribution in [-0.2, 0) is 31.7 Å². The van der Waals surface area contributed by atoms with Crippen molar-refractivity contribution in [1.82, 2.24) is 25.9 Å². The molecule has 1 aliphatic heterocycles. The minimum Gasteiger partial charge on any atom is -0.404 e. The third-order valence-corrected chi connectivity index (χ3v) is 11.0. The Kier molecular flexibility index (Phi) is 8.98. The number of carbonyl (C=O) groups excluding carboxylic acids is 3. The molecule has 4 aliphatic rings. The van der Waals surface area contributed by atoms with Gasteiger partial charge in [-0.3, -0.25) is 19.4 Å². The molecule has 4 fully saturated rings.